The van der Waals surface area contributed by atoms with Gasteiger partial charge in [0.15, 0.2) is 0 Å². The van der Waals surface area contributed by atoms with Crippen molar-refractivity contribution in [3.63, 3.8) is 0 Å². The number of carboxylic acids is 1. The topological polar surface area (TPSA) is 113 Å². The van der Waals surface area contributed by atoms with Gasteiger partial charge < -0.3 is 10.4 Å². The zero-order valence-corrected chi connectivity index (χ0v) is 18.7. The second-order valence-electron chi connectivity index (χ2n) is 6.37. The third kappa shape index (κ3) is 7.64. The number of halogens is 1. The molecule has 1 atom stereocenters. The molecule has 1 unspecified atom stereocenters. The molecular formula is C20H23ClN2O5S2. The van der Waals surface area contributed by atoms with Crippen LogP contribution in [0.5, 0.6) is 0 Å². The fourth-order valence-electron chi connectivity index (χ4n) is 2.57. The average molecular weight is 471 g/mol. The van der Waals surface area contributed by atoms with Crippen molar-refractivity contribution in [3.8, 4) is 0 Å². The average Bonchev–Trinajstić information content (AvgIpc) is 2.68. The van der Waals surface area contributed by atoms with Crippen LogP contribution in [0.15, 0.2) is 53.4 Å². The fraction of sp³-hybridized carbons (Fsp3) is 0.300. The van der Waals surface area contributed by atoms with E-state index >= 15 is 0 Å². The van der Waals surface area contributed by atoms with Gasteiger partial charge in [0.05, 0.1) is 11.3 Å². The number of sulfonamides is 1. The first-order valence-corrected chi connectivity index (χ1v) is 12.2. The monoisotopic (exact) mass is 470 g/mol. The summed E-state index contributed by atoms with van der Waals surface area (Å²) < 4.78 is 27.9. The van der Waals surface area contributed by atoms with E-state index in [-0.39, 0.29) is 11.3 Å². The molecule has 0 aliphatic carbocycles. The summed E-state index contributed by atoms with van der Waals surface area (Å²) in [6, 6.07) is 11.1. The molecular weight excluding hydrogens is 448 g/mol. The number of carboxylic acid groups (broad SMARTS) is 1. The number of anilines is 1. The van der Waals surface area contributed by atoms with E-state index in [2.05, 4.69) is 10.0 Å². The number of rotatable bonds is 11. The highest BCUT2D eigenvalue weighted by Gasteiger charge is 2.25. The van der Waals surface area contributed by atoms with Crippen molar-refractivity contribution in [1.82, 2.24) is 4.72 Å². The first kappa shape index (κ1) is 24.2. The molecule has 2 aromatic rings. The number of aliphatic carboxylic acids is 1. The third-order valence-electron chi connectivity index (χ3n) is 4.07. The maximum absolute atomic E-state index is 12.8. The van der Waals surface area contributed by atoms with E-state index in [1.165, 1.54) is 24.3 Å². The van der Waals surface area contributed by atoms with Crippen LogP contribution in [0, 0.1) is 0 Å². The highest BCUT2D eigenvalue weighted by Crippen LogP contribution is 2.17. The van der Waals surface area contributed by atoms with E-state index < -0.39 is 27.9 Å². The first-order valence-electron chi connectivity index (χ1n) is 9.18. The molecule has 162 valence electrons. The SMILES string of the molecule is CCSCCC(NS(=O)(=O)c1ccc(Cl)cc1)C(=O)Nc1ccc(CC(=O)O)cc1. The van der Waals surface area contributed by atoms with Gasteiger partial charge in [0, 0.05) is 10.7 Å². The summed E-state index contributed by atoms with van der Waals surface area (Å²) in [5, 5.41) is 11.9. The lowest BCUT2D eigenvalue weighted by molar-refractivity contribution is -0.136. The number of benzene rings is 2. The zero-order valence-electron chi connectivity index (χ0n) is 16.3. The number of nitrogens with one attached hydrogen (secondary N) is 2. The number of carbonyl (C=O) groups is 2. The van der Waals surface area contributed by atoms with Crippen molar-refractivity contribution >= 4 is 50.9 Å². The number of amides is 1. The van der Waals surface area contributed by atoms with Gasteiger partial charge in [-0.25, -0.2) is 8.42 Å². The molecule has 0 saturated carbocycles. The van der Waals surface area contributed by atoms with Gasteiger partial charge >= 0.3 is 5.97 Å². The summed E-state index contributed by atoms with van der Waals surface area (Å²) in [6.45, 7) is 1.98. The van der Waals surface area contributed by atoms with E-state index in [4.69, 9.17) is 16.7 Å². The van der Waals surface area contributed by atoms with Crippen molar-refractivity contribution < 1.29 is 23.1 Å². The molecule has 0 fully saturated rings. The maximum Gasteiger partial charge on any atom is 0.307 e. The highest BCUT2D eigenvalue weighted by atomic mass is 35.5. The minimum Gasteiger partial charge on any atom is -0.481 e. The molecule has 0 radical (unpaired) electrons. The van der Waals surface area contributed by atoms with Gasteiger partial charge in [-0.2, -0.15) is 16.5 Å². The summed E-state index contributed by atoms with van der Waals surface area (Å²) >= 11 is 7.42. The molecule has 0 heterocycles. The summed E-state index contributed by atoms with van der Waals surface area (Å²) in [7, 11) is -3.91. The Morgan fingerprint density at radius 3 is 2.30 bits per heavy atom. The summed E-state index contributed by atoms with van der Waals surface area (Å²) in [6.07, 6.45) is 0.195. The lowest BCUT2D eigenvalue weighted by Gasteiger charge is -2.18. The highest BCUT2D eigenvalue weighted by molar-refractivity contribution is 7.99. The number of hydrogen-bond acceptors (Lipinski definition) is 5. The Hall–Kier alpha value is -2.07. The van der Waals surface area contributed by atoms with Crippen LogP contribution in [0.4, 0.5) is 5.69 Å². The quantitative estimate of drug-likeness (QED) is 0.434. The molecule has 0 saturated heterocycles. The molecule has 2 rings (SSSR count). The van der Waals surface area contributed by atoms with Gasteiger partial charge in [0.1, 0.15) is 6.04 Å². The molecule has 0 spiro atoms. The second kappa shape index (κ2) is 11.4. The predicted octanol–water partition coefficient (Wildman–Crippen LogP) is 3.40. The zero-order chi connectivity index (χ0) is 22.1. The van der Waals surface area contributed by atoms with Crippen LogP contribution in [-0.2, 0) is 26.0 Å². The Morgan fingerprint density at radius 1 is 1.10 bits per heavy atom. The fourth-order valence-corrected chi connectivity index (χ4v) is 4.62. The molecule has 10 heteroatoms. The van der Waals surface area contributed by atoms with Gasteiger partial charge in [-0.15, -0.1) is 0 Å². The third-order valence-corrected chi connectivity index (χ3v) is 6.74. The smallest absolute Gasteiger partial charge is 0.307 e. The summed E-state index contributed by atoms with van der Waals surface area (Å²) in [5.41, 5.74) is 1.05. The molecule has 30 heavy (non-hydrogen) atoms. The molecule has 3 N–H and O–H groups in total. The Bertz CT molecular complexity index is 964. The van der Waals surface area contributed by atoms with Crippen molar-refractivity contribution in [1.29, 1.82) is 0 Å². The molecule has 0 aromatic heterocycles. The second-order valence-corrected chi connectivity index (χ2v) is 9.91. The molecule has 0 aliphatic heterocycles. The van der Waals surface area contributed by atoms with E-state index in [1.54, 1.807) is 36.0 Å². The minimum absolute atomic E-state index is 0.0193. The minimum atomic E-state index is -3.91. The Morgan fingerprint density at radius 2 is 1.73 bits per heavy atom. The Labute approximate surface area is 185 Å². The molecule has 7 nitrogen and oxygen atoms in total. The van der Waals surface area contributed by atoms with Crippen molar-refractivity contribution in [3.05, 3.63) is 59.1 Å². The molecule has 1 amide bonds. The number of hydrogen-bond donors (Lipinski definition) is 3. The summed E-state index contributed by atoms with van der Waals surface area (Å²) in [4.78, 5) is 23.6. The Balaban J connectivity index is 2.13. The van der Waals surface area contributed by atoms with Crippen molar-refractivity contribution in [2.45, 2.75) is 30.7 Å². The standard InChI is InChI=1S/C20H23ClN2O5S2/c1-2-29-12-11-18(23-30(27,28)17-9-5-15(21)6-10-17)20(26)22-16-7-3-14(4-8-16)13-19(24)25/h3-10,18,23H,2,11-13H2,1H3,(H,22,26)(H,24,25). The van der Waals surface area contributed by atoms with Crippen LogP contribution >= 0.6 is 23.4 Å². The van der Waals surface area contributed by atoms with Gasteiger partial charge in [-0.1, -0.05) is 30.7 Å². The van der Waals surface area contributed by atoms with Crippen LogP contribution in [0.3, 0.4) is 0 Å². The van der Waals surface area contributed by atoms with Gasteiger partial charge in [-0.3, -0.25) is 9.59 Å². The molecule has 0 bridgehead atoms. The largest absolute Gasteiger partial charge is 0.481 e. The summed E-state index contributed by atoms with van der Waals surface area (Å²) in [5.74, 6) is 0.0191. The predicted molar refractivity (Wildman–Crippen MR) is 120 cm³/mol. The maximum atomic E-state index is 12.8. The van der Waals surface area contributed by atoms with Crippen LogP contribution in [0.25, 0.3) is 0 Å². The Kier molecular flexibility index (Phi) is 9.16. The molecule has 0 aliphatic rings. The van der Waals surface area contributed by atoms with E-state index in [0.29, 0.717) is 28.4 Å². The molecule has 2 aromatic carbocycles. The van der Waals surface area contributed by atoms with E-state index in [1.807, 2.05) is 6.92 Å². The van der Waals surface area contributed by atoms with Crippen LogP contribution in [0.2, 0.25) is 5.02 Å². The van der Waals surface area contributed by atoms with Gasteiger partial charge in [0.2, 0.25) is 15.9 Å². The van der Waals surface area contributed by atoms with Crippen LogP contribution in [-0.4, -0.2) is 42.9 Å². The first-order chi connectivity index (χ1) is 14.2. The van der Waals surface area contributed by atoms with E-state index in [9.17, 15) is 18.0 Å². The van der Waals surface area contributed by atoms with E-state index in [0.717, 1.165) is 5.75 Å². The van der Waals surface area contributed by atoms with Gasteiger partial charge in [0.25, 0.3) is 0 Å². The van der Waals surface area contributed by atoms with Crippen LogP contribution < -0.4 is 10.0 Å². The van der Waals surface area contributed by atoms with Gasteiger partial charge in [-0.05, 0) is 59.9 Å². The van der Waals surface area contributed by atoms with Crippen LogP contribution in [0.1, 0.15) is 18.9 Å². The number of thioether (sulfide) groups is 1. The lowest BCUT2D eigenvalue weighted by atomic mass is 10.1. The lowest BCUT2D eigenvalue weighted by Crippen LogP contribution is -2.44. The normalized spacial score (nSPS) is 12.3. The van der Waals surface area contributed by atoms with Crippen molar-refractivity contribution in [2.24, 2.45) is 0 Å². The van der Waals surface area contributed by atoms with Crippen molar-refractivity contribution in [2.75, 3.05) is 16.8 Å². The number of carbonyl (C=O) groups excluding carboxylic acids is 1.